The molecular formula is C31H34N4O3. The van der Waals surface area contributed by atoms with Crippen LogP contribution in [0.2, 0.25) is 0 Å². The van der Waals surface area contributed by atoms with E-state index in [0.29, 0.717) is 29.7 Å². The molecule has 1 N–H and O–H groups in total. The summed E-state index contributed by atoms with van der Waals surface area (Å²) in [6, 6.07) is 22.8. The monoisotopic (exact) mass is 510 g/mol. The van der Waals surface area contributed by atoms with Gasteiger partial charge in [-0.15, -0.1) is 0 Å². The average Bonchev–Trinajstić information content (AvgIpc) is 3.40. The maximum absolute atomic E-state index is 12.2. The van der Waals surface area contributed by atoms with Gasteiger partial charge in [0.1, 0.15) is 23.1 Å². The number of ether oxygens (including phenoxy) is 2. The largest absolute Gasteiger partial charge is 0.481 e. The van der Waals surface area contributed by atoms with E-state index in [-0.39, 0.29) is 17.5 Å². The Hall–Kier alpha value is -3.91. The molecule has 0 radical (unpaired) electrons. The van der Waals surface area contributed by atoms with Crippen LogP contribution in [0.25, 0.3) is 0 Å². The zero-order chi connectivity index (χ0) is 27.3. The van der Waals surface area contributed by atoms with Crippen LogP contribution < -0.4 is 9.47 Å². The van der Waals surface area contributed by atoms with Crippen molar-refractivity contribution in [2.45, 2.75) is 50.2 Å². The predicted octanol–water partition coefficient (Wildman–Crippen LogP) is 5.23. The van der Waals surface area contributed by atoms with Crippen LogP contribution in [0.5, 0.6) is 11.6 Å². The van der Waals surface area contributed by atoms with E-state index < -0.39 is 11.2 Å². The van der Waals surface area contributed by atoms with E-state index in [4.69, 9.17) is 9.47 Å². The predicted molar refractivity (Wildman–Crippen MR) is 145 cm³/mol. The lowest BCUT2D eigenvalue weighted by atomic mass is 9.72. The molecule has 3 aromatic rings. The molecule has 3 heterocycles. The highest BCUT2D eigenvalue weighted by Gasteiger charge is 2.69. The van der Waals surface area contributed by atoms with Gasteiger partial charge in [0.2, 0.25) is 5.88 Å². The Morgan fingerprint density at radius 2 is 1.71 bits per heavy atom. The van der Waals surface area contributed by atoms with E-state index in [0.717, 1.165) is 11.1 Å². The molecule has 1 aliphatic carbocycles. The first-order chi connectivity index (χ1) is 18.5. The van der Waals surface area contributed by atoms with E-state index in [1.807, 2.05) is 62.4 Å². The first kappa shape index (κ1) is 27.1. The van der Waals surface area contributed by atoms with Gasteiger partial charge in [-0.25, -0.2) is 4.98 Å². The van der Waals surface area contributed by atoms with Gasteiger partial charge in [0, 0.05) is 12.0 Å². The lowest BCUT2D eigenvalue weighted by Crippen LogP contribution is -2.48. The molecule has 3 atom stereocenters. The number of aromatic nitrogens is 1. The summed E-state index contributed by atoms with van der Waals surface area (Å²) in [7, 11) is 3.61. The molecule has 6 rings (SSSR count). The van der Waals surface area contributed by atoms with E-state index in [2.05, 4.69) is 23.0 Å². The van der Waals surface area contributed by atoms with Gasteiger partial charge < -0.3 is 19.5 Å². The van der Waals surface area contributed by atoms with Gasteiger partial charge in [-0.05, 0) is 62.7 Å². The Labute approximate surface area is 224 Å². The summed E-state index contributed by atoms with van der Waals surface area (Å²) in [6.45, 7) is 6.64. The maximum Gasteiger partial charge on any atom is 0.224 e. The topological polar surface area (TPSA) is 102 Å². The molecule has 0 amide bonds. The minimum atomic E-state index is -1.41. The quantitative estimate of drug-likeness (QED) is 0.514. The number of pyridine rings is 1. The van der Waals surface area contributed by atoms with Gasteiger partial charge in [-0.2, -0.15) is 10.5 Å². The fourth-order valence-electron chi connectivity index (χ4n) is 5.69. The number of hydrogen-bond donors (Lipinski definition) is 1. The van der Waals surface area contributed by atoms with E-state index in [9.17, 15) is 15.6 Å². The van der Waals surface area contributed by atoms with Crippen molar-refractivity contribution in [2.75, 3.05) is 27.2 Å². The lowest BCUT2D eigenvalue weighted by Gasteiger charge is -2.40. The van der Waals surface area contributed by atoms with Crippen LogP contribution in [0, 0.1) is 22.7 Å². The Bertz CT molecular complexity index is 1340. The van der Waals surface area contributed by atoms with Crippen molar-refractivity contribution in [2.24, 2.45) is 0 Å². The summed E-state index contributed by atoms with van der Waals surface area (Å²) in [4.78, 5) is 6.58. The van der Waals surface area contributed by atoms with Crippen LogP contribution in [0.3, 0.4) is 0 Å². The minimum absolute atomic E-state index is 0.158. The molecule has 0 spiro atoms. The van der Waals surface area contributed by atoms with E-state index in [1.54, 1.807) is 18.2 Å². The summed E-state index contributed by atoms with van der Waals surface area (Å²) in [5.41, 5.74) is 0.402. The van der Waals surface area contributed by atoms with Gasteiger partial charge in [-0.1, -0.05) is 56.3 Å². The van der Waals surface area contributed by atoms with Crippen molar-refractivity contribution in [1.29, 1.82) is 10.5 Å². The Morgan fingerprint density at radius 1 is 1.05 bits per heavy atom. The molecule has 38 heavy (non-hydrogen) atoms. The molecule has 0 bridgehead atoms. The third-order valence-corrected chi connectivity index (χ3v) is 7.57. The van der Waals surface area contributed by atoms with Crippen molar-refractivity contribution in [3.63, 3.8) is 0 Å². The zero-order valence-corrected chi connectivity index (χ0v) is 22.4. The van der Waals surface area contributed by atoms with Gasteiger partial charge in [-0.3, -0.25) is 0 Å². The number of likely N-dealkylation sites (tertiary alicyclic amines) is 1. The Kier molecular flexibility index (Phi) is 8.02. The van der Waals surface area contributed by atoms with Crippen LogP contribution in [-0.2, 0) is 11.2 Å². The molecule has 1 saturated heterocycles. The second-order valence-electron chi connectivity index (χ2n) is 9.55. The number of aliphatic hydroxyl groups is 1. The number of benzene rings is 2. The van der Waals surface area contributed by atoms with Crippen LogP contribution >= 0.6 is 0 Å². The number of fused-ring (bicyclic) bond motifs is 3. The highest BCUT2D eigenvalue weighted by atomic mass is 16.5. The number of nitrogens with zero attached hydrogens (tertiary/aromatic N) is 4. The SMILES string of the molecule is CC.CN1CCC1.COc1nc(C#N)cc2c1C1(O)CCC(c3ccccc3)C1(c1ccc(C#N)cc1)O2. The van der Waals surface area contributed by atoms with E-state index >= 15 is 0 Å². The van der Waals surface area contributed by atoms with Crippen molar-refractivity contribution in [3.05, 3.63) is 88.6 Å². The molecule has 2 aromatic carbocycles. The van der Waals surface area contributed by atoms with Crippen LogP contribution in [-0.4, -0.2) is 42.2 Å². The summed E-state index contributed by atoms with van der Waals surface area (Å²) in [5, 5.41) is 30.9. The second kappa shape index (κ2) is 11.2. The Balaban J connectivity index is 0.000000425. The zero-order valence-electron chi connectivity index (χ0n) is 22.4. The third-order valence-electron chi connectivity index (χ3n) is 7.57. The average molecular weight is 511 g/mol. The maximum atomic E-state index is 12.2. The lowest BCUT2D eigenvalue weighted by molar-refractivity contribution is -0.106. The van der Waals surface area contributed by atoms with Crippen molar-refractivity contribution in [3.8, 4) is 23.8 Å². The minimum Gasteiger partial charge on any atom is -0.481 e. The van der Waals surface area contributed by atoms with Gasteiger partial charge >= 0.3 is 0 Å². The van der Waals surface area contributed by atoms with Crippen molar-refractivity contribution >= 4 is 0 Å². The summed E-state index contributed by atoms with van der Waals surface area (Å²) in [6.07, 6.45) is 2.53. The molecule has 3 unspecified atom stereocenters. The number of hydrogen-bond acceptors (Lipinski definition) is 7. The summed E-state index contributed by atoms with van der Waals surface area (Å²) >= 11 is 0. The fourth-order valence-corrected chi connectivity index (χ4v) is 5.69. The van der Waals surface area contributed by atoms with Gasteiger partial charge in [0.25, 0.3) is 0 Å². The number of methoxy groups -OCH3 is 1. The molecule has 1 saturated carbocycles. The molecule has 196 valence electrons. The highest BCUT2D eigenvalue weighted by Crippen LogP contribution is 2.67. The van der Waals surface area contributed by atoms with Crippen molar-refractivity contribution in [1.82, 2.24) is 9.88 Å². The molecule has 1 aromatic heterocycles. The van der Waals surface area contributed by atoms with Crippen molar-refractivity contribution < 1.29 is 14.6 Å². The molecule has 7 nitrogen and oxygen atoms in total. The first-order valence-electron chi connectivity index (χ1n) is 13.1. The number of rotatable bonds is 3. The summed E-state index contributed by atoms with van der Waals surface area (Å²) in [5.74, 6) is 0.436. The van der Waals surface area contributed by atoms with Gasteiger partial charge in [0.15, 0.2) is 5.60 Å². The van der Waals surface area contributed by atoms with Crippen LogP contribution in [0.15, 0.2) is 60.7 Å². The number of nitriles is 2. The Morgan fingerprint density at radius 3 is 2.24 bits per heavy atom. The van der Waals surface area contributed by atoms with Crippen LogP contribution in [0.4, 0.5) is 0 Å². The molecule has 7 heteroatoms. The molecular weight excluding hydrogens is 476 g/mol. The smallest absolute Gasteiger partial charge is 0.224 e. The van der Waals surface area contributed by atoms with Gasteiger partial charge in [0.05, 0.1) is 24.3 Å². The van der Waals surface area contributed by atoms with E-state index in [1.165, 1.54) is 26.6 Å². The molecule has 2 aliphatic heterocycles. The molecule has 3 aliphatic rings. The summed E-state index contributed by atoms with van der Waals surface area (Å²) < 4.78 is 12.1. The van der Waals surface area contributed by atoms with Crippen LogP contribution in [0.1, 0.15) is 67.0 Å². The first-order valence-corrected chi connectivity index (χ1v) is 13.1. The fraction of sp³-hybridized carbons (Fsp3) is 0.387. The highest BCUT2D eigenvalue weighted by molar-refractivity contribution is 5.58. The normalized spacial score (nSPS) is 24.4. The second-order valence-corrected chi connectivity index (χ2v) is 9.55. The standard InChI is InChI=1S/C25H19N3O3.C4H9N.C2H6/c1-30-23-22-21(13-19(15-27)28-23)31-25(18-9-7-16(14-26)8-10-18)20(11-12-24(22,25)29)17-5-3-2-4-6-17;1-5-3-2-4-5;1-2/h2-10,13,20,29H,11-12H2,1H3;2-4H2,1H3;1-2H3. The molecule has 2 fully saturated rings. The third kappa shape index (κ3) is 4.39.